The summed E-state index contributed by atoms with van der Waals surface area (Å²) >= 11 is 0. The van der Waals surface area contributed by atoms with E-state index in [2.05, 4.69) is 6.92 Å². The van der Waals surface area contributed by atoms with Gasteiger partial charge in [0.1, 0.15) is 0 Å². The van der Waals surface area contributed by atoms with Crippen LogP contribution < -0.4 is 5.73 Å². The Kier molecular flexibility index (Phi) is 4.97. The Balaban J connectivity index is 2.14. The first-order chi connectivity index (χ1) is 9.26. The van der Waals surface area contributed by atoms with Crippen molar-refractivity contribution in [3.8, 4) is 0 Å². The van der Waals surface area contributed by atoms with Gasteiger partial charge in [0.15, 0.2) is 0 Å². The summed E-state index contributed by atoms with van der Waals surface area (Å²) in [6.07, 6.45) is 6.10. The van der Waals surface area contributed by atoms with Gasteiger partial charge in [-0.1, -0.05) is 31.4 Å². The largest absolute Gasteiger partial charge is 0.336 e. The van der Waals surface area contributed by atoms with Gasteiger partial charge in [0.25, 0.3) is 5.91 Å². The van der Waals surface area contributed by atoms with Crippen molar-refractivity contribution in [1.29, 1.82) is 0 Å². The van der Waals surface area contributed by atoms with E-state index in [4.69, 9.17) is 5.73 Å². The molecule has 0 spiro atoms. The summed E-state index contributed by atoms with van der Waals surface area (Å²) in [5.74, 6) is 0.157. The summed E-state index contributed by atoms with van der Waals surface area (Å²) in [6.45, 7) is 3.34. The minimum Gasteiger partial charge on any atom is -0.336 e. The zero-order valence-corrected chi connectivity index (χ0v) is 11.8. The van der Waals surface area contributed by atoms with Crippen LogP contribution in [0, 0.1) is 0 Å². The van der Waals surface area contributed by atoms with Gasteiger partial charge in [-0.05, 0) is 37.5 Å². The highest BCUT2D eigenvalue weighted by Gasteiger charge is 2.24. The first-order valence-corrected chi connectivity index (χ1v) is 7.36. The molecule has 1 saturated carbocycles. The van der Waals surface area contributed by atoms with E-state index in [0.717, 1.165) is 30.5 Å². The van der Waals surface area contributed by atoms with E-state index in [0.29, 0.717) is 12.6 Å². The predicted octanol–water partition coefficient (Wildman–Crippen LogP) is 2.94. The van der Waals surface area contributed by atoms with Crippen LogP contribution in [0.25, 0.3) is 0 Å². The lowest BCUT2D eigenvalue weighted by Crippen LogP contribution is -2.41. The van der Waals surface area contributed by atoms with Gasteiger partial charge in [-0.15, -0.1) is 0 Å². The lowest BCUT2D eigenvalue weighted by Gasteiger charge is -2.33. The molecule has 1 aromatic carbocycles. The topological polar surface area (TPSA) is 46.3 Å². The van der Waals surface area contributed by atoms with Crippen LogP contribution in [0.5, 0.6) is 0 Å². The molecule has 104 valence electrons. The molecule has 0 atom stereocenters. The maximum absolute atomic E-state index is 12.6. The molecule has 0 bridgehead atoms. The van der Waals surface area contributed by atoms with Crippen LogP contribution in [0.15, 0.2) is 24.3 Å². The molecule has 2 rings (SSSR count). The highest BCUT2D eigenvalue weighted by atomic mass is 16.2. The van der Waals surface area contributed by atoms with Crippen LogP contribution >= 0.6 is 0 Å². The molecule has 0 saturated heterocycles. The van der Waals surface area contributed by atoms with Crippen molar-refractivity contribution in [2.45, 2.75) is 51.6 Å². The number of rotatable bonds is 4. The normalized spacial score (nSPS) is 16.3. The molecule has 2 N–H and O–H groups in total. The van der Waals surface area contributed by atoms with Gasteiger partial charge in [0, 0.05) is 24.7 Å². The van der Waals surface area contributed by atoms with Crippen molar-refractivity contribution in [1.82, 2.24) is 4.90 Å². The van der Waals surface area contributed by atoms with Crippen molar-refractivity contribution in [3.05, 3.63) is 35.4 Å². The number of nitrogens with two attached hydrogens (primary N) is 1. The lowest BCUT2D eigenvalue weighted by atomic mass is 9.93. The molecule has 3 nitrogen and oxygen atoms in total. The fourth-order valence-corrected chi connectivity index (χ4v) is 2.96. The van der Waals surface area contributed by atoms with Gasteiger partial charge < -0.3 is 10.6 Å². The Bertz CT molecular complexity index is 425. The molecule has 0 aromatic heterocycles. The molecule has 1 aliphatic rings. The van der Waals surface area contributed by atoms with E-state index in [-0.39, 0.29) is 5.91 Å². The number of hydrogen-bond donors (Lipinski definition) is 1. The van der Waals surface area contributed by atoms with Crippen molar-refractivity contribution in [2.24, 2.45) is 5.73 Å². The van der Waals surface area contributed by atoms with Crippen molar-refractivity contribution >= 4 is 5.91 Å². The van der Waals surface area contributed by atoms with Crippen molar-refractivity contribution in [2.75, 3.05) is 6.54 Å². The summed E-state index contributed by atoms with van der Waals surface area (Å²) < 4.78 is 0. The highest BCUT2D eigenvalue weighted by molar-refractivity contribution is 5.94. The molecular formula is C16H24N2O. The van der Waals surface area contributed by atoms with Crippen LogP contribution in [-0.2, 0) is 6.54 Å². The fourth-order valence-electron chi connectivity index (χ4n) is 2.96. The Morgan fingerprint density at radius 1 is 1.32 bits per heavy atom. The SMILES string of the molecule is CCN(C(=O)c1cccc(CN)c1)C1CCCCC1. The number of amides is 1. The third-order valence-electron chi connectivity index (χ3n) is 4.03. The van der Waals surface area contributed by atoms with Crippen LogP contribution in [0.3, 0.4) is 0 Å². The first-order valence-electron chi connectivity index (χ1n) is 7.36. The summed E-state index contributed by atoms with van der Waals surface area (Å²) in [7, 11) is 0. The maximum atomic E-state index is 12.6. The predicted molar refractivity (Wildman–Crippen MR) is 77.9 cm³/mol. The summed E-state index contributed by atoms with van der Waals surface area (Å²) in [6, 6.07) is 8.13. The van der Waals surface area contributed by atoms with Gasteiger partial charge in [0.05, 0.1) is 0 Å². The van der Waals surface area contributed by atoms with E-state index >= 15 is 0 Å². The zero-order valence-electron chi connectivity index (χ0n) is 11.8. The fraction of sp³-hybridized carbons (Fsp3) is 0.562. The van der Waals surface area contributed by atoms with Crippen LogP contribution in [0.2, 0.25) is 0 Å². The molecule has 1 aliphatic carbocycles. The first kappa shape index (κ1) is 14.1. The molecule has 1 aromatic rings. The minimum absolute atomic E-state index is 0.157. The van der Waals surface area contributed by atoms with E-state index in [1.54, 1.807) is 0 Å². The van der Waals surface area contributed by atoms with Gasteiger partial charge in [-0.2, -0.15) is 0 Å². The van der Waals surface area contributed by atoms with E-state index in [1.165, 1.54) is 19.3 Å². The van der Waals surface area contributed by atoms with Gasteiger partial charge in [-0.3, -0.25) is 4.79 Å². The van der Waals surface area contributed by atoms with E-state index in [9.17, 15) is 4.79 Å². The Morgan fingerprint density at radius 2 is 2.05 bits per heavy atom. The number of carbonyl (C=O) groups excluding carboxylic acids is 1. The number of carbonyl (C=O) groups is 1. The minimum atomic E-state index is 0.157. The molecule has 0 unspecified atom stereocenters. The second-order valence-corrected chi connectivity index (χ2v) is 5.29. The molecule has 19 heavy (non-hydrogen) atoms. The monoisotopic (exact) mass is 260 g/mol. The summed E-state index contributed by atoms with van der Waals surface area (Å²) in [5, 5.41) is 0. The third-order valence-corrected chi connectivity index (χ3v) is 4.03. The van der Waals surface area contributed by atoms with Crippen LogP contribution in [-0.4, -0.2) is 23.4 Å². The molecule has 1 amide bonds. The molecule has 0 aliphatic heterocycles. The molecule has 0 heterocycles. The van der Waals surface area contributed by atoms with Gasteiger partial charge in [-0.25, -0.2) is 0 Å². The number of hydrogen-bond acceptors (Lipinski definition) is 2. The van der Waals surface area contributed by atoms with Gasteiger partial charge >= 0.3 is 0 Å². The second kappa shape index (κ2) is 6.71. The average Bonchev–Trinajstić information content (AvgIpc) is 2.49. The molecule has 1 fully saturated rings. The second-order valence-electron chi connectivity index (χ2n) is 5.29. The quantitative estimate of drug-likeness (QED) is 0.904. The smallest absolute Gasteiger partial charge is 0.254 e. The zero-order chi connectivity index (χ0) is 13.7. The Morgan fingerprint density at radius 3 is 2.68 bits per heavy atom. The standard InChI is InChI=1S/C16H24N2O/c1-2-18(15-9-4-3-5-10-15)16(19)14-8-6-7-13(11-14)12-17/h6-8,11,15H,2-5,9-10,12,17H2,1H3. The lowest BCUT2D eigenvalue weighted by molar-refractivity contribution is 0.0648. The number of nitrogens with zero attached hydrogens (tertiary/aromatic N) is 1. The summed E-state index contributed by atoms with van der Waals surface area (Å²) in [5.41, 5.74) is 7.44. The van der Waals surface area contributed by atoms with Crippen LogP contribution in [0.1, 0.15) is 54.9 Å². The van der Waals surface area contributed by atoms with Crippen molar-refractivity contribution in [3.63, 3.8) is 0 Å². The van der Waals surface area contributed by atoms with Gasteiger partial charge in [0.2, 0.25) is 0 Å². The average molecular weight is 260 g/mol. The van der Waals surface area contributed by atoms with E-state index < -0.39 is 0 Å². The molecule has 3 heteroatoms. The molecule has 0 radical (unpaired) electrons. The van der Waals surface area contributed by atoms with Crippen molar-refractivity contribution < 1.29 is 4.79 Å². The summed E-state index contributed by atoms with van der Waals surface area (Å²) in [4.78, 5) is 14.7. The van der Waals surface area contributed by atoms with E-state index in [1.807, 2.05) is 29.2 Å². The number of benzene rings is 1. The Labute approximate surface area is 115 Å². The van der Waals surface area contributed by atoms with Crippen LogP contribution in [0.4, 0.5) is 0 Å². The maximum Gasteiger partial charge on any atom is 0.254 e. The highest BCUT2D eigenvalue weighted by Crippen LogP contribution is 2.24. The molecular weight excluding hydrogens is 236 g/mol. The third kappa shape index (κ3) is 3.35. The Hall–Kier alpha value is -1.35.